The first-order chi connectivity index (χ1) is 9.52. The fourth-order valence-electron chi connectivity index (χ4n) is 1.76. The lowest BCUT2D eigenvalue weighted by atomic mass is 10.1. The van der Waals surface area contributed by atoms with E-state index < -0.39 is 23.2 Å². The molecule has 8 heteroatoms. The number of H-pyrrole nitrogens is 1. The Bertz CT molecular complexity index is 591. The summed E-state index contributed by atoms with van der Waals surface area (Å²) in [6.07, 6.45) is 3.19. The van der Waals surface area contributed by atoms with Gasteiger partial charge in [-0.05, 0) is 12.1 Å². The number of anilines is 1. The Morgan fingerprint density at radius 3 is 2.60 bits per heavy atom. The van der Waals surface area contributed by atoms with E-state index in [0.717, 1.165) is 17.7 Å². The van der Waals surface area contributed by atoms with Gasteiger partial charge in [0.05, 0.1) is 6.20 Å². The normalized spacial score (nSPS) is 10.4. The number of aromatic nitrogens is 2. The number of hydrogen-bond donors (Lipinski definition) is 3. The number of nitrogens with zero attached hydrogens (tertiary/aromatic N) is 2. The number of carbonyl (C=O) groups is 1. The van der Waals surface area contributed by atoms with Crippen molar-refractivity contribution in [3.05, 3.63) is 47.3 Å². The summed E-state index contributed by atoms with van der Waals surface area (Å²) in [6.45, 7) is 0.273. The Morgan fingerprint density at radius 1 is 1.45 bits per heavy atom. The molecule has 20 heavy (non-hydrogen) atoms. The van der Waals surface area contributed by atoms with Crippen LogP contribution in [0, 0.1) is 11.6 Å². The molecule has 4 N–H and O–H groups in total. The number of nitrogens with one attached hydrogen (secondary N) is 2. The fourth-order valence-corrected chi connectivity index (χ4v) is 1.76. The standard InChI is InChI=1S/C12H13F2N5O/c1-19(6-7-4-16-17-5-7)12(20)8-2-9(13)11(18-15)10(14)3-8/h2-5,18H,6,15H2,1H3,(H,16,17). The van der Waals surface area contributed by atoms with Crippen LogP contribution in [0.3, 0.4) is 0 Å². The van der Waals surface area contributed by atoms with Crippen molar-refractivity contribution in [3.8, 4) is 0 Å². The molecular formula is C12H13F2N5O. The van der Waals surface area contributed by atoms with E-state index in [2.05, 4.69) is 10.2 Å². The summed E-state index contributed by atoms with van der Waals surface area (Å²) in [5, 5.41) is 6.37. The van der Waals surface area contributed by atoms with Crippen LogP contribution in [0.25, 0.3) is 0 Å². The third-order valence-electron chi connectivity index (χ3n) is 2.75. The monoisotopic (exact) mass is 281 g/mol. The molecule has 2 aromatic rings. The quantitative estimate of drug-likeness (QED) is 0.581. The van der Waals surface area contributed by atoms with Gasteiger partial charge in [-0.1, -0.05) is 0 Å². The molecule has 1 aromatic carbocycles. The van der Waals surface area contributed by atoms with Gasteiger partial charge in [0.2, 0.25) is 0 Å². The number of benzene rings is 1. The van der Waals surface area contributed by atoms with Gasteiger partial charge in [0.25, 0.3) is 5.91 Å². The second-order valence-corrected chi connectivity index (χ2v) is 4.23. The summed E-state index contributed by atoms with van der Waals surface area (Å²) in [5.41, 5.74) is 2.12. The summed E-state index contributed by atoms with van der Waals surface area (Å²) in [7, 11) is 1.53. The van der Waals surface area contributed by atoms with Crippen molar-refractivity contribution in [3.63, 3.8) is 0 Å². The molecule has 0 fully saturated rings. The summed E-state index contributed by atoms with van der Waals surface area (Å²) in [4.78, 5) is 13.4. The van der Waals surface area contributed by atoms with Crippen LogP contribution in [0.1, 0.15) is 15.9 Å². The molecule has 0 spiro atoms. The zero-order chi connectivity index (χ0) is 14.7. The highest BCUT2D eigenvalue weighted by molar-refractivity contribution is 5.94. The molecule has 0 unspecified atom stereocenters. The van der Waals surface area contributed by atoms with Crippen LogP contribution >= 0.6 is 0 Å². The van der Waals surface area contributed by atoms with E-state index in [1.54, 1.807) is 12.4 Å². The fraction of sp³-hybridized carbons (Fsp3) is 0.167. The van der Waals surface area contributed by atoms with Gasteiger partial charge < -0.3 is 10.3 Å². The van der Waals surface area contributed by atoms with Crippen molar-refractivity contribution < 1.29 is 13.6 Å². The molecule has 0 atom stereocenters. The predicted octanol–water partition coefficient (Wildman–Crippen LogP) is 1.25. The van der Waals surface area contributed by atoms with E-state index in [1.165, 1.54) is 11.9 Å². The van der Waals surface area contributed by atoms with E-state index >= 15 is 0 Å². The molecule has 0 saturated carbocycles. The highest BCUT2D eigenvalue weighted by atomic mass is 19.1. The van der Waals surface area contributed by atoms with Crippen molar-refractivity contribution in [1.82, 2.24) is 15.1 Å². The lowest BCUT2D eigenvalue weighted by Crippen LogP contribution is -2.26. The van der Waals surface area contributed by atoms with Gasteiger partial charge >= 0.3 is 0 Å². The Hall–Kier alpha value is -2.48. The minimum atomic E-state index is -0.924. The van der Waals surface area contributed by atoms with Crippen molar-refractivity contribution in [2.75, 3.05) is 12.5 Å². The van der Waals surface area contributed by atoms with E-state index in [-0.39, 0.29) is 12.1 Å². The molecular weight excluding hydrogens is 268 g/mol. The van der Waals surface area contributed by atoms with Gasteiger partial charge in [0, 0.05) is 30.9 Å². The topological polar surface area (TPSA) is 87.0 Å². The van der Waals surface area contributed by atoms with Crippen LogP contribution in [-0.4, -0.2) is 28.1 Å². The Kier molecular flexibility index (Phi) is 3.94. The molecule has 0 aliphatic carbocycles. The predicted molar refractivity (Wildman–Crippen MR) is 68.6 cm³/mol. The van der Waals surface area contributed by atoms with Gasteiger partial charge in [0.15, 0.2) is 11.6 Å². The van der Waals surface area contributed by atoms with Crippen molar-refractivity contribution >= 4 is 11.6 Å². The minimum Gasteiger partial charge on any atom is -0.337 e. The molecule has 0 bridgehead atoms. The zero-order valence-corrected chi connectivity index (χ0v) is 10.7. The first kappa shape index (κ1) is 13.9. The van der Waals surface area contributed by atoms with Crippen LogP contribution in [0.2, 0.25) is 0 Å². The molecule has 1 amide bonds. The molecule has 1 heterocycles. The van der Waals surface area contributed by atoms with Crippen molar-refractivity contribution in [1.29, 1.82) is 0 Å². The molecule has 0 aliphatic rings. The Balaban J connectivity index is 2.20. The highest BCUT2D eigenvalue weighted by Gasteiger charge is 2.17. The van der Waals surface area contributed by atoms with E-state index in [9.17, 15) is 13.6 Å². The van der Waals surface area contributed by atoms with Crippen LogP contribution < -0.4 is 11.3 Å². The van der Waals surface area contributed by atoms with E-state index in [1.807, 2.05) is 5.43 Å². The number of halogens is 2. The van der Waals surface area contributed by atoms with E-state index in [0.29, 0.717) is 0 Å². The average molecular weight is 281 g/mol. The number of aromatic amines is 1. The molecule has 0 saturated heterocycles. The number of hydrazine groups is 1. The Morgan fingerprint density at radius 2 is 2.10 bits per heavy atom. The smallest absolute Gasteiger partial charge is 0.254 e. The third kappa shape index (κ3) is 2.75. The van der Waals surface area contributed by atoms with Gasteiger partial charge in [-0.2, -0.15) is 5.10 Å². The van der Waals surface area contributed by atoms with Crippen LogP contribution in [-0.2, 0) is 6.54 Å². The lowest BCUT2D eigenvalue weighted by Gasteiger charge is -2.17. The maximum absolute atomic E-state index is 13.5. The summed E-state index contributed by atoms with van der Waals surface area (Å²) < 4.78 is 27.1. The van der Waals surface area contributed by atoms with Crippen LogP contribution in [0.5, 0.6) is 0 Å². The highest BCUT2D eigenvalue weighted by Crippen LogP contribution is 2.20. The SMILES string of the molecule is CN(Cc1cn[nH]c1)C(=O)c1cc(F)c(NN)c(F)c1. The second-order valence-electron chi connectivity index (χ2n) is 4.23. The van der Waals surface area contributed by atoms with Crippen molar-refractivity contribution in [2.24, 2.45) is 5.84 Å². The minimum absolute atomic E-state index is 0.0926. The Labute approximate surface area is 113 Å². The first-order valence-corrected chi connectivity index (χ1v) is 5.71. The number of carbonyl (C=O) groups excluding carboxylic acids is 1. The largest absolute Gasteiger partial charge is 0.337 e. The summed E-state index contributed by atoms with van der Waals surface area (Å²) in [6, 6.07) is 1.87. The zero-order valence-electron chi connectivity index (χ0n) is 10.7. The average Bonchev–Trinajstić information content (AvgIpc) is 2.90. The van der Waals surface area contributed by atoms with Crippen LogP contribution in [0.15, 0.2) is 24.5 Å². The number of rotatable bonds is 4. The summed E-state index contributed by atoms with van der Waals surface area (Å²) >= 11 is 0. The molecule has 2 rings (SSSR count). The molecule has 0 radical (unpaired) electrons. The maximum atomic E-state index is 13.5. The van der Waals surface area contributed by atoms with E-state index in [4.69, 9.17) is 5.84 Å². The number of nitrogen functional groups attached to an aromatic ring is 1. The lowest BCUT2D eigenvalue weighted by molar-refractivity contribution is 0.0784. The maximum Gasteiger partial charge on any atom is 0.254 e. The van der Waals surface area contributed by atoms with Gasteiger partial charge in [-0.25, -0.2) is 8.78 Å². The second kappa shape index (κ2) is 5.66. The van der Waals surface area contributed by atoms with Gasteiger partial charge in [-0.15, -0.1) is 0 Å². The third-order valence-corrected chi connectivity index (χ3v) is 2.75. The number of amides is 1. The number of nitrogens with two attached hydrogens (primary N) is 1. The van der Waals surface area contributed by atoms with Crippen molar-refractivity contribution in [2.45, 2.75) is 6.54 Å². The van der Waals surface area contributed by atoms with Gasteiger partial charge in [-0.3, -0.25) is 15.7 Å². The molecule has 6 nitrogen and oxygen atoms in total. The number of hydrogen-bond acceptors (Lipinski definition) is 4. The van der Waals surface area contributed by atoms with Crippen LogP contribution in [0.4, 0.5) is 14.5 Å². The molecule has 1 aromatic heterocycles. The molecule has 0 aliphatic heterocycles. The molecule has 106 valence electrons. The first-order valence-electron chi connectivity index (χ1n) is 5.71. The van der Waals surface area contributed by atoms with Gasteiger partial charge in [0.1, 0.15) is 5.69 Å². The summed E-state index contributed by atoms with van der Waals surface area (Å²) in [5.74, 6) is 2.64.